The Balaban J connectivity index is 1.14. The highest BCUT2D eigenvalue weighted by atomic mass is 35.5. The molecular weight excluding hydrogens is 650 g/mol. The van der Waals surface area contributed by atoms with Gasteiger partial charge in [-0.05, 0) is 54.1 Å². The van der Waals surface area contributed by atoms with E-state index in [0.717, 1.165) is 0 Å². The van der Waals surface area contributed by atoms with Gasteiger partial charge in [0.05, 0.1) is 29.1 Å². The lowest BCUT2D eigenvalue weighted by Gasteiger charge is -2.17. The zero-order chi connectivity index (χ0) is 33.8. The number of hydrogen-bond donors (Lipinski definition) is 6. The summed E-state index contributed by atoms with van der Waals surface area (Å²) in [5, 5.41) is 41.7. The Labute approximate surface area is 274 Å². The molecule has 6 N–H and O–H groups in total. The Morgan fingerprint density at radius 3 is 2.44 bits per heavy atom. The predicted octanol–water partition coefficient (Wildman–Crippen LogP) is 2.09. The molecule has 2 aromatic carbocycles. The number of nitrogens with one attached hydrogen (secondary N) is 4. The van der Waals surface area contributed by atoms with E-state index < -0.39 is 23.8 Å². The molecule has 2 aliphatic rings. The molecule has 2 aliphatic heterocycles. The van der Waals surface area contributed by atoms with Gasteiger partial charge >= 0.3 is 11.9 Å². The summed E-state index contributed by atoms with van der Waals surface area (Å²) < 4.78 is 7.42. The number of amides is 2. The smallest absolute Gasteiger partial charge is 0.337 e. The monoisotopic (exact) mass is 671 g/mol. The maximum Gasteiger partial charge on any atom is 0.337 e. The van der Waals surface area contributed by atoms with Gasteiger partial charge in [-0.1, -0.05) is 11.6 Å². The van der Waals surface area contributed by atoms with Crippen molar-refractivity contribution in [3.8, 4) is 11.6 Å². The van der Waals surface area contributed by atoms with Crippen LogP contribution in [0.25, 0.3) is 5.82 Å². The second-order valence-corrected chi connectivity index (χ2v) is 10.3. The van der Waals surface area contributed by atoms with Crippen LogP contribution in [-0.4, -0.2) is 77.0 Å². The summed E-state index contributed by atoms with van der Waals surface area (Å²) in [7, 11) is 0. The lowest BCUT2D eigenvalue weighted by Crippen LogP contribution is -2.40. The van der Waals surface area contributed by atoms with Crippen molar-refractivity contribution in [1.29, 1.82) is 0 Å². The summed E-state index contributed by atoms with van der Waals surface area (Å²) >= 11 is 6.38. The van der Waals surface area contributed by atoms with Crippen molar-refractivity contribution in [1.82, 2.24) is 35.9 Å². The van der Waals surface area contributed by atoms with E-state index in [9.17, 15) is 29.4 Å². The molecule has 0 spiro atoms. The second-order valence-electron chi connectivity index (χ2n) is 9.88. The molecule has 0 radical (unpaired) electrons. The van der Waals surface area contributed by atoms with Crippen LogP contribution in [0.5, 0.6) is 5.75 Å². The number of anilines is 2. The van der Waals surface area contributed by atoms with Gasteiger partial charge in [-0.2, -0.15) is 5.12 Å². The highest BCUT2D eigenvalue weighted by molar-refractivity contribution is 6.48. The number of benzene rings is 2. The Morgan fingerprint density at radius 1 is 0.917 bits per heavy atom. The van der Waals surface area contributed by atoms with Crippen molar-refractivity contribution >= 4 is 58.3 Å². The van der Waals surface area contributed by atoms with Gasteiger partial charge < -0.3 is 25.6 Å². The first kappa shape index (κ1) is 31.3. The van der Waals surface area contributed by atoms with Crippen molar-refractivity contribution in [3.63, 3.8) is 0 Å². The van der Waals surface area contributed by atoms with Crippen LogP contribution in [0.15, 0.2) is 83.5 Å². The molecule has 4 heterocycles. The third-order valence-electron chi connectivity index (χ3n) is 6.80. The number of rotatable bonds is 11. The van der Waals surface area contributed by atoms with Crippen LogP contribution in [0, 0.1) is 0 Å². The SMILES string of the molecule is O=C(Nc1cc(CCOc2ccc(C(=O)O)c(NC(=O)c3ccc(-n4ccnc4)nn3)c2)c(Cl)cc1C(=O)O)C1=NN2NNN=C2C=C1. The first-order chi connectivity index (χ1) is 23.2. The zero-order valence-electron chi connectivity index (χ0n) is 24.3. The molecule has 4 aromatic rings. The van der Waals surface area contributed by atoms with Crippen LogP contribution in [0.4, 0.5) is 11.4 Å². The summed E-state index contributed by atoms with van der Waals surface area (Å²) in [6.45, 7) is 0.00566. The number of hydrazine groups is 2. The van der Waals surface area contributed by atoms with E-state index in [-0.39, 0.29) is 57.7 Å². The van der Waals surface area contributed by atoms with E-state index in [1.165, 1.54) is 60.0 Å². The number of carboxylic acid groups (broad SMARTS) is 2. The van der Waals surface area contributed by atoms with Crippen LogP contribution in [0.2, 0.25) is 5.02 Å². The molecule has 0 aliphatic carbocycles. The standard InChI is InChI=1S/C29H22ClN11O7/c30-19-13-18(29(46)47)22(32-27(43)21-4-6-25-36-38-39-41(25)37-21)11-15(19)7-10-48-16-1-2-17(28(44)45)23(12-16)33-26(42)20-3-5-24(35-34-20)40-9-8-31-14-40/h1-6,8-9,11-14,38-39H,7,10H2,(H,32,43)(H,33,42)(H,44,45)(H,46,47). The zero-order valence-corrected chi connectivity index (χ0v) is 25.0. The van der Waals surface area contributed by atoms with E-state index >= 15 is 0 Å². The average molecular weight is 672 g/mol. The molecule has 0 atom stereocenters. The van der Waals surface area contributed by atoms with Crippen LogP contribution in [-0.2, 0) is 11.2 Å². The number of amidine groups is 1. The number of fused-ring (bicyclic) bond motifs is 1. The summed E-state index contributed by atoms with van der Waals surface area (Å²) in [4.78, 5) is 53.5. The number of nitrogens with zero attached hydrogens (tertiary/aromatic N) is 7. The Hall–Kier alpha value is -6.66. The topological polar surface area (TPSA) is 238 Å². The number of halogens is 1. The van der Waals surface area contributed by atoms with Gasteiger partial charge in [-0.3, -0.25) is 14.2 Å². The van der Waals surface area contributed by atoms with Crippen molar-refractivity contribution in [2.45, 2.75) is 6.42 Å². The Morgan fingerprint density at radius 2 is 1.71 bits per heavy atom. The van der Waals surface area contributed by atoms with Gasteiger partial charge in [0.25, 0.3) is 11.8 Å². The number of carbonyl (C=O) groups excluding carboxylic acids is 2. The average Bonchev–Trinajstić information content (AvgIpc) is 3.78. The van der Waals surface area contributed by atoms with Gasteiger partial charge in [-0.15, -0.1) is 25.9 Å². The molecule has 0 unspecified atom stereocenters. The van der Waals surface area contributed by atoms with Gasteiger partial charge in [0.1, 0.15) is 12.1 Å². The lowest BCUT2D eigenvalue weighted by molar-refractivity contribution is -0.110. The van der Waals surface area contributed by atoms with Gasteiger partial charge in [0, 0.05) is 29.9 Å². The Kier molecular flexibility index (Phi) is 8.72. The maximum absolute atomic E-state index is 12.9. The van der Waals surface area contributed by atoms with Crippen molar-refractivity contribution in [3.05, 3.63) is 101 Å². The minimum atomic E-state index is -1.32. The number of aromatic nitrogens is 4. The molecule has 0 bridgehead atoms. The quantitative estimate of drug-likeness (QED) is 0.134. The van der Waals surface area contributed by atoms with Crippen LogP contribution in [0.1, 0.15) is 36.8 Å². The number of ether oxygens (including phenoxy) is 1. The summed E-state index contributed by atoms with van der Waals surface area (Å²) in [5.74, 6) is -2.91. The first-order valence-electron chi connectivity index (χ1n) is 13.8. The van der Waals surface area contributed by atoms with Crippen molar-refractivity contribution in [2.75, 3.05) is 17.2 Å². The van der Waals surface area contributed by atoms with E-state index in [2.05, 4.69) is 47.1 Å². The number of hydrazone groups is 2. The fourth-order valence-corrected chi connectivity index (χ4v) is 4.72. The molecule has 48 heavy (non-hydrogen) atoms. The fraction of sp³-hybridized carbons (Fsp3) is 0.0690. The molecular formula is C29H22ClN11O7. The molecule has 0 saturated carbocycles. The van der Waals surface area contributed by atoms with Crippen molar-refractivity contribution < 1.29 is 34.1 Å². The third kappa shape index (κ3) is 6.78. The number of hydrogen-bond acceptors (Lipinski definition) is 13. The molecule has 2 amide bonds. The number of aromatic carboxylic acids is 2. The second kappa shape index (κ2) is 13.4. The largest absolute Gasteiger partial charge is 0.493 e. The van der Waals surface area contributed by atoms with Crippen molar-refractivity contribution in [2.24, 2.45) is 10.2 Å². The summed E-state index contributed by atoms with van der Waals surface area (Å²) in [6.07, 6.45) is 7.85. The van der Waals surface area contributed by atoms with E-state index in [1.807, 2.05) is 0 Å². The summed E-state index contributed by atoms with van der Waals surface area (Å²) in [5.41, 5.74) is 4.97. The van der Waals surface area contributed by atoms with Crippen LogP contribution >= 0.6 is 11.6 Å². The molecule has 6 rings (SSSR count). The van der Waals surface area contributed by atoms with Crippen LogP contribution < -0.4 is 26.4 Å². The third-order valence-corrected chi connectivity index (χ3v) is 7.15. The van der Waals surface area contributed by atoms with Gasteiger partial charge in [0.2, 0.25) is 0 Å². The molecule has 0 saturated heterocycles. The predicted molar refractivity (Wildman–Crippen MR) is 169 cm³/mol. The van der Waals surface area contributed by atoms with Crippen LogP contribution in [0.3, 0.4) is 0 Å². The van der Waals surface area contributed by atoms with E-state index in [4.69, 9.17) is 16.3 Å². The Bertz CT molecular complexity index is 2030. The maximum atomic E-state index is 12.9. The minimum absolute atomic E-state index is 0.00566. The molecule has 242 valence electrons. The number of carbonyl (C=O) groups is 4. The minimum Gasteiger partial charge on any atom is -0.493 e. The number of carboxylic acids is 2. The molecule has 0 fully saturated rings. The molecule has 2 aromatic heterocycles. The summed E-state index contributed by atoms with van der Waals surface area (Å²) in [6, 6.07) is 9.65. The fourth-order valence-electron chi connectivity index (χ4n) is 4.46. The van der Waals surface area contributed by atoms with Gasteiger partial charge in [0.15, 0.2) is 23.1 Å². The molecule has 19 heteroatoms. The lowest BCUT2D eigenvalue weighted by atomic mass is 10.1. The first-order valence-corrected chi connectivity index (χ1v) is 14.2. The van der Waals surface area contributed by atoms with E-state index in [0.29, 0.717) is 17.2 Å². The highest BCUT2D eigenvalue weighted by Gasteiger charge is 2.24. The van der Waals surface area contributed by atoms with Gasteiger partial charge in [-0.25, -0.2) is 20.1 Å². The van der Waals surface area contributed by atoms with E-state index in [1.54, 1.807) is 23.0 Å². The molecule has 18 nitrogen and oxygen atoms in total. The normalized spacial score (nSPS) is 13.1. The highest BCUT2D eigenvalue weighted by Crippen LogP contribution is 2.28. The number of imidazole rings is 1.